The van der Waals surface area contributed by atoms with Crippen molar-refractivity contribution in [1.82, 2.24) is 0 Å². The Kier molecular flexibility index (Phi) is 5.18. The number of hydrogen-bond donors (Lipinski definition) is 1. The SMILES string of the molecule is C[N+]1(C#CCCOC(=O)Nc2ccc(F)cc2)CCCC1. The van der Waals surface area contributed by atoms with Crippen LogP contribution < -0.4 is 5.32 Å². The highest BCUT2D eigenvalue weighted by molar-refractivity contribution is 5.84. The number of quaternary nitrogens is 1. The number of likely N-dealkylation sites (tertiary alicyclic amines) is 1. The van der Waals surface area contributed by atoms with Gasteiger partial charge in [-0.25, -0.2) is 13.7 Å². The standard InChI is InChI=1S/C16H19FN2O2/c1-19(10-2-3-11-19)12-4-5-13-21-16(20)18-15-8-6-14(17)7-9-15/h6-9H,2-3,5,10-11,13H2,1H3/p+1. The first kappa shape index (κ1) is 15.3. The minimum absolute atomic E-state index is 0.250. The lowest BCUT2D eigenvalue weighted by molar-refractivity contribution is -0.830. The lowest BCUT2D eigenvalue weighted by atomic mass is 10.3. The van der Waals surface area contributed by atoms with Gasteiger partial charge < -0.3 is 4.74 Å². The topological polar surface area (TPSA) is 38.3 Å². The fourth-order valence-corrected chi connectivity index (χ4v) is 2.27. The maximum atomic E-state index is 12.7. The Morgan fingerprint density at radius 2 is 2.00 bits per heavy atom. The molecule has 21 heavy (non-hydrogen) atoms. The average Bonchev–Trinajstić information content (AvgIpc) is 2.88. The normalized spacial score (nSPS) is 15.9. The number of carbonyl (C=O) groups excluding carboxylic acids is 1. The number of nitrogens with one attached hydrogen (secondary N) is 1. The highest BCUT2D eigenvalue weighted by atomic mass is 19.1. The maximum Gasteiger partial charge on any atom is 0.411 e. The van der Waals surface area contributed by atoms with Gasteiger partial charge in [-0.15, -0.1) is 0 Å². The Morgan fingerprint density at radius 1 is 1.33 bits per heavy atom. The maximum absolute atomic E-state index is 12.7. The minimum atomic E-state index is -0.551. The van der Waals surface area contributed by atoms with E-state index in [2.05, 4.69) is 24.3 Å². The fourth-order valence-electron chi connectivity index (χ4n) is 2.27. The van der Waals surface area contributed by atoms with Gasteiger partial charge in [0.15, 0.2) is 0 Å². The first-order valence-corrected chi connectivity index (χ1v) is 7.11. The highest BCUT2D eigenvalue weighted by Crippen LogP contribution is 2.14. The van der Waals surface area contributed by atoms with Crippen molar-refractivity contribution in [3.05, 3.63) is 30.1 Å². The monoisotopic (exact) mass is 291 g/mol. The van der Waals surface area contributed by atoms with Crippen LogP contribution in [-0.4, -0.2) is 37.3 Å². The van der Waals surface area contributed by atoms with E-state index in [1.165, 1.54) is 37.1 Å². The summed E-state index contributed by atoms with van der Waals surface area (Å²) in [6.07, 6.45) is 2.42. The number of ether oxygens (including phenoxy) is 1. The molecule has 0 aliphatic carbocycles. The van der Waals surface area contributed by atoms with Gasteiger partial charge in [0.25, 0.3) is 0 Å². The summed E-state index contributed by atoms with van der Waals surface area (Å²) in [7, 11) is 2.13. The van der Waals surface area contributed by atoms with E-state index >= 15 is 0 Å². The molecule has 0 bridgehead atoms. The van der Waals surface area contributed by atoms with Crippen LogP contribution in [0.15, 0.2) is 24.3 Å². The smallest absolute Gasteiger partial charge is 0.411 e. The molecule has 5 heteroatoms. The lowest BCUT2D eigenvalue weighted by Gasteiger charge is -2.18. The molecule has 0 unspecified atom stereocenters. The first-order valence-electron chi connectivity index (χ1n) is 7.11. The third kappa shape index (κ3) is 5.09. The zero-order chi connectivity index (χ0) is 15.1. The molecular weight excluding hydrogens is 271 g/mol. The molecular formula is C16H20FN2O2+. The van der Waals surface area contributed by atoms with Crippen LogP contribution in [0.2, 0.25) is 0 Å². The van der Waals surface area contributed by atoms with Crippen LogP contribution in [-0.2, 0) is 4.74 Å². The predicted octanol–water partition coefficient (Wildman–Crippen LogP) is 2.97. The summed E-state index contributed by atoms with van der Waals surface area (Å²) in [6.45, 7) is 2.44. The zero-order valence-electron chi connectivity index (χ0n) is 12.2. The van der Waals surface area contributed by atoms with Gasteiger partial charge in [-0.1, -0.05) is 0 Å². The Labute approximate surface area is 124 Å². The van der Waals surface area contributed by atoms with Crippen molar-refractivity contribution in [2.45, 2.75) is 19.3 Å². The summed E-state index contributed by atoms with van der Waals surface area (Å²) >= 11 is 0. The molecule has 1 fully saturated rings. The van der Waals surface area contributed by atoms with Gasteiger partial charge in [-0.2, -0.15) is 0 Å². The van der Waals surface area contributed by atoms with E-state index in [1.807, 2.05) is 0 Å². The minimum Gasteiger partial charge on any atom is -0.448 e. The van der Waals surface area contributed by atoms with E-state index < -0.39 is 6.09 Å². The second-order valence-corrected chi connectivity index (χ2v) is 5.36. The van der Waals surface area contributed by atoms with E-state index in [0.29, 0.717) is 12.1 Å². The largest absolute Gasteiger partial charge is 0.448 e. The third-order valence-electron chi connectivity index (χ3n) is 3.45. The van der Waals surface area contributed by atoms with Crippen molar-refractivity contribution >= 4 is 11.8 Å². The number of rotatable bonds is 3. The molecule has 1 saturated heterocycles. The van der Waals surface area contributed by atoms with Crippen LogP contribution in [0.3, 0.4) is 0 Å². The Balaban J connectivity index is 1.67. The molecule has 0 radical (unpaired) electrons. The molecule has 2 rings (SSSR count). The summed E-state index contributed by atoms with van der Waals surface area (Å²) in [6, 6.07) is 8.74. The van der Waals surface area contributed by atoms with Gasteiger partial charge in [-0.05, 0) is 30.2 Å². The van der Waals surface area contributed by atoms with Crippen LogP contribution in [0.1, 0.15) is 19.3 Å². The quantitative estimate of drug-likeness (QED) is 0.528. The molecule has 1 N–H and O–H groups in total. The zero-order valence-corrected chi connectivity index (χ0v) is 12.2. The van der Waals surface area contributed by atoms with Gasteiger partial charge in [0, 0.05) is 24.9 Å². The molecule has 4 nitrogen and oxygen atoms in total. The van der Waals surface area contributed by atoms with Crippen LogP contribution in [0.4, 0.5) is 14.9 Å². The van der Waals surface area contributed by atoms with E-state index in [4.69, 9.17) is 4.74 Å². The van der Waals surface area contributed by atoms with Gasteiger partial charge in [0.2, 0.25) is 0 Å². The number of amides is 1. The van der Waals surface area contributed by atoms with Crippen molar-refractivity contribution in [2.24, 2.45) is 0 Å². The Morgan fingerprint density at radius 3 is 2.67 bits per heavy atom. The molecule has 1 aromatic rings. The predicted molar refractivity (Wildman–Crippen MR) is 78.9 cm³/mol. The van der Waals surface area contributed by atoms with Crippen LogP contribution in [0.5, 0.6) is 0 Å². The average molecular weight is 291 g/mol. The van der Waals surface area contributed by atoms with E-state index in [-0.39, 0.29) is 12.4 Å². The summed E-state index contributed by atoms with van der Waals surface area (Å²) in [5, 5.41) is 2.53. The van der Waals surface area contributed by atoms with Crippen molar-refractivity contribution in [1.29, 1.82) is 0 Å². The second kappa shape index (κ2) is 7.09. The Bertz CT molecular complexity index is 540. The molecule has 112 valence electrons. The molecule has 1 heterocycles. The molecule has 1 amide bonds. The molecule has 0 spiro atoms. The molecule has 1 aliphatic heterocycles. The first-order chi connectivity index (χ1) is 10.1. The lowest BCUT2D eigenvalue weighted by Crippen LogP contribution is -2.34. The molecule has 0 saturated carbocycles. The van der Waals surface area contributed by atoms with Gasteiger partial charge >= 0.3 is 6.09 Å². The van der Waals surface area contributed by atoms with Crippen LogP contribution in [0, 0.1) is 17.8 Å². The van der Waals surface area contributed by atoms with E-state index in [1.54, 1.807) is 0 Å². The summed E-state index contributed by atoms with van der Waals surface area (Å²) in [5.41, 5.74) is 0.502. The van der Waals surface area contributed by atoms with Gasteiger partial charge in [0.1, 0.15) is 18.5 Å². The number of nitrogens with zero attached hydrogens (tertiary/aromatic N) is 1. The van der Waals surface area contributed by atoms with Crippen LogP contribution in [0.25, 0.3) is 0 Å². The highest BCUT2D eigenvalue weighted by Gasteiger charge is 2.24. The Hall–Kier alpha value is -2.06. The van der Waals surface area contributed by atoms with Crippen molar-refractivity contribution in [3.63, 3.8) is 0 Å². The molecule has 1 aliphatic rings. The number of halogens is 1. The summed E-state index contributed by atoms with van der Waals surface area (Å²) in [5.74, 6) is 2.72. The fraction of sp³-hybridized carbons (Fsp3) is 0.438. The second-order valence-electron chi connectivity index (χ2n) is 5.36. The number of benzene rings is 1. The van der Waals surface area contributed by atoms with Crippen LogP contribution >= 0.6 is 0 Å². The summed E-state index contributed by atoms with van der Waals surface area (Å²) < 4.78 is 18.5. The summed E-state index contributed by atoms with van der Waals surface area (Å²) in [4.78, 5) is 11.5. The molecule has 0 aromatic heterocycles. The van der Waals surface area contributed by atoms with Gasteiger partial charge in [0.05, 0.1) is 20.1 Å². The number of hydrogen-bond acceptors (Lipinski definition) is 2. The number of anilines is 1. The van der Waals surface area contributed by atoms with E-state index in [0.717, 1.165) is 17.6 Å². The third-order valence-corrected chi connectivity index (χ3v) is 3.45. The van der Waals surface area contributed by atoms with Crippen molar-refractivity contribution < 1.29 is 18.4 Å². The molecule has 0 atom stereocenters. The molecule has 1 aromatic carbocycles. The van der Waals surface area contributed by atoms with Crippen molar-refractivity contribution in [3.8, 4) is 12.0 Å². The van der Waals surface area contributed by atoms with E-state index in [9.17, 15) is 9.18 Å². The van der Waals surface area contributed by atoms with Gasteiger partial charge in [-0.3, -0.25) is 5.32 Å². The number of carbonyl (C=O) groups is 1. The van der Waals surface area contributed by atoms with Crippen molar-refractivity contribution in [2.75, 3.05) is 32.1 Å².